The summed E-state index contributed by atoms with van der Waals surface area (Å²) in [4.78, 5) is 43.0. The van der Waals surface area contributed by atoms with Crippen LogP contribution in [0.4, 0.5) is 0 Å². The lowest BCUT2D eigenvalue weighted by molar-refractivity contribution is -0.238. The molecule has 0 atom stereocenters. The Kier molecular flexibility index (Phi) is 6.86. The van der Waals surface area contributed by atoms with Crippen LogP contribution in [-0.4, -0.2) is 48.9 Å². The Morgan fingerprint density at radius 1 is 0.900 bits per heavy atom. The van der Waals surface area contributed by atoms with Gasteiger partial charge in [0.05, 0.1) is 0 Å². The molecule has 0 fully saturated rings. The van der Waals surface area contributed by atoms with Gasteiger partial charge in [-0.05, 0) is 19.6 Å². The van der Waals surface area contributed by atoms with Gasteiger partial charge in [0.2, 0.25) is 0 Å². The number of ether oxygens (including phenoxy) is 2. The number of carbonyl (C=O) groups is 4. The van der Waals surface area contributed by atoms with Crippen LogP contribution in [0.15, 0.2) is 0 Å². The fraction of sp³-hybridized carbons (Fsp3) is 0.600. The van der Waals surface area contributed by atoms with Crippen molar-refractivity contribution in [1.29, 1.82) is 0 Å². The number of hydrogen-bond acceptors (Lipinski definition) is 7. The van der Waals surface area contributed by atoms with Gasteiger partial charge in [0, 0.05) is 0 Å². The minimum atomic E-state index is -2.28. The van der Waals surface area contributed by atoms with Crippen LogP contribution in [0.3, 0.4) is 0 Å². The van der Waals surface area contributed by atoms with Crippen molar-refractivity contribution in [2.75, 3.05) is 0 Å². The van der Waals surface area contributed by atoms with Crippen molar-refractivity contribution in [3.63, 3.8) is 0 Å². The molecule has 0 aliphatic carbocycles. The van der Waals surface area contributed by atoms with Crippen molar-refractivity contribution < 1.29 is 43.3 Å². The Bertz CT molecular complexity index is 368. The van der Waals surface area contributed by atoms with E-state index in [1.165, 1.54) is 0 Å². The number of aliphatic carboxylic acids is 2. The molecule has 0 bridgehead atoms. The first-order valence-corrected chi connectivity index (χ1v) is 8.91. The first kappa shape index (κ1) is 18.1. The maximum absolute atomic E-state index is 11.2. The monoisotopic (exact) mass is 308 g/mol. The van der Waals surface area contributed by atoms with Crippen molar-refractivity contribution in [3.05, 3.63) is 0 Å². The van der Waals surface area contributed by atoms with Gasteiger partial charge in [-0.1, -0.05) is 0 Å². The third-order valence-electron chi connectivity index (χ3n) is 1.50. The van der Waals surface area contributed by atoms with Gasteiger partial charge in [0.15, 0.2) is 8.32 Å². The molecule has 0 amide bonds. The fourth-order valence-electron chi connectivity index (χ4n) is 0.906. The maximum Gasteiger partial charge on any atom is 0.355 e. The van der Waals surface area contributed by atoms with E-state index in [2.05, 4.69) is 9.47 Å². The van der Waals surface area contributed by atoms with E-state index in [0.29, 0.717) is 0 Å². The topological polar surface area (TPSA) is 136 Å². The molecule has 0 aliphatic rings. The third-order valence-corrected chi connectivity index (χ3v) is 2.40. The van der Waals surface area contributed by atoms with Gasteiger partial charge >= 0.3 is 30.4 Å². The molecule has 0 saturated heterocycles. The molecule has 0 aromatic heterocycles. The molecule has 0 spiro atoms. The van der Waals surface area contributed by atoms with E-state index in [1.54, 1.807) is 19.6 Å². The first-order valence-electron chi connectivity index (χ1n) is 5.50. The van der Waals surface area contributed by atoms with Crippen LogP contribution < -0.4 is 0 Å². The van der Waals surface area contributed by atoms with Crippen LogP contribution in [0.25, 0.3) is 0 Å². The molecule has 0 aromatic carbocycles. The largest absolute Gasteiger partial charge is 0.481 e. The molecule has 0 aliphatic heterocycles. The summed E-state index contributed by atoms with van der Waals surface area (Å²) in [6, 6.07) is 0. The Balaban J connectivity index is 4.64. The number of carbonyl (C=O) groups excluding carboxylic acids is 2. The predicted molar refractivity (Wildman–Crippen MR) is 64.9 cm³/mol. The lowest BCUT2D eigenvalue weighted by atomic mass is 10.4. The molecular formula is C10H16O9Si. The van der Waals surface area contributed by atoms with Gasteiger partial charge in [0.1, 0.15) is 12.8 Å². The zero-order valence-electron chi connectivity index (χ0n) is 11.2. The second-order valence-electron chi connectivity index (χ2n) is 4.64. The summed E-state index contributed by atoms with van der Waals surface area (Å²) in [5, 5.41) is 16.8. The number of carboxylic acid groups (broad SMARTS) is 2. The zero-order valence-corrected chi connectivity index (χ0v) is 12.2. The second-order valence-corrected chi connectivity index (χ2v) is 9.10. The average molecular weight is 308 g/mol. The minimum absolute atomic E-state index is 0.929. The zero-order chi connectivity index (χ0) is 15.9. The summed E-state index contributed by atoms with van der Waals surface area (Å²) in [5.74, 6) is -5.16. The maximum atomic E-state index is 11.2. The Morgan fingerprint density at radius 3 is 1.50 bits per heavy atom. The first-order chi connectivity index (χ1) is 8.99. The Labute approximate surface area is 115 Å². The summed E-state index contributed by atoms with van der Waals surface area (Å²) in [6.07, 6.45) is -1.86. The molecule has 2 N–H and O–H groups in total. The fourth-order valence-corrected chi connectivity index (χ4v) is 1.58. The van der Waals surface area contributed by atoms with Crippen molar-refractivity contribution in [2.24, 2.45) is 0 Å². The van der Waals surface area contributed by atoms with E-state index >= 15 is 0 Å². The van der Waals surface area contributed by atoms with Gasteiger partial charge in [-0.2, -0.15) is 0 Å². The standard InChI is InChI=1S/C10H16O9Si/c1-20(2,3)19-10(17-8(15)4-6(11)12)18-9(16)5-7(13)14/h10H,4-5H2,1-3H3,(H,11,12)(H,13,14). The Morgan fingerprint density at radius 2 is 1.25 bits per heavy atom. The van der Waals surface area contributed by atoms with Crippen LogP contribution in [0, 0.1) is 0 Å². The molecule has 0 radical (unpaired) electrons. The van der Waals surface area contributed by atoms with Gasteiger partial charge in [0.25, 0.3) is 0 Å². The summed E-state index contributed by atoms with van der Waals surface area (Å²) >= 11 is 0. The highest BCUT2D eigenvalue weighted by Gasteiger charge is 2.28. The van der Waals surface area contributed by atoms with Crippen LogP contribution in [0.1, 0.15) is 12.8 Å². The quantitative estimate of drug-likeness (QED) is 0.278. The lowest BCUT2D eigenvalue weighted by Crippen LogP contribution is -2.38. The molecule has 10 heteroatoms. The molecule has 0 aromatic rings. The number of rotatable bonds is 8. The molecule has 114 valence electrons. The average Bonchev–Trinajstić information content (AvgIpc) is 2.09. The van der Waals surface area contributed by atoms with E-state index in [0.717, 1.165) is 0 Å². The normalized spacial score (nSPS) is 11.0. The number of hydrogen-bond donors (Lipinski definition) is 2. The van der Waals surface area contributed by atoms with Gasteiger partial charge < -0.3 is 24.1 Å². The number of esters is 2. The highest BCUT2D eigenvalue weighted by atomic mass is 28.4. The highest BCUT2D eigenvalue weighted by molar-refractivity contribution is 6.69. The Hall–Kier alpha value is -1.94. The SMILES string of the molecule is C[Si](C)(C)OC(OC(=O)CC(=O)O)OC(=O)CC(=O)O. The van der Waals surface area contributed by atoms with Gasteiger partial charge in [-0.25, -0.2) is 0 Å². The molecule has 9 nitrogen and oxygen atoms in total. The van der Waals surface area contributed by atoms with E-state index in [4.69, 9.17) is 14.6 Å². The van der Waals surface area contributed by atoms with Crippen molar-refractivity contribution in [1.82, 2.24) is 0 Å². The number of carboxylic acids is 2. The molecule has 0 unspecified atom stereocenters. The molecule has 0 heterocycles. The van der Waals surface area contributed by atoms with Crippen molar-refractivity contribution >= 4 is 32.2 Å². The third kappa shape index (κ3) is 10.0. The van der Waals surface area contributed by atoms with Crippen molar-refractivity contribution in [3.8, 4) is 0 Å². The minimum Gasteiger partial charge on any atom is -0.481 e. The van der Waals surface area contributed by atoms with Crippen LogP contribution in [0.5, 0.6) is 0 Å². The highest BCUT2D eigenvalue weighted by Crippen LogP contribution is 2.11. The lowest BCUT2D eigenvalue weighted by Gasteiger charge is -2.24. The van der Waals surface area contributed by atoms with Gasteiger partial charge in [-0.3, -0.25) is 19.2 Å². The molecule has 20 heavy (non-hydrogen) atoms. The van der Waals surface area contributed by atoms with E-state index in [-0.39, 0.29) is 0 Å². The van der Waals surface area contributed by atoms with E-state index in [1.807, 2.05) is 0 Å². The predicted octanol–water partition coefficient (Wildman–Crippen LogP) is 0.157. The van der Waals surface area contributed by atoms with Gasteiger partial charge in [-0.15, -0.1) is 0 Å². The molecule has 0 saturated carbocycles. The van der Waals surface area contributed by atoms with Crippen molar-refractivity contribution in [2.45, 2.75) is 39.0 Å². The second kappa shape index (κ2) is 7.60. The summed E-state index contributed by atoms with van der Waals surface area (Å²) < 4.78 is 14.3. The van der Waals surface area contributed by atoms with E-state index in [9.17, 15) is 19.2 Å². The molecular weight excluding hydrogens is 292 g/mol. The van der Waals surface area contributed by atoms with Crippen LogP contribution >= 0.6 is 0 Å². The summed E-state index contributed by atoms with van der Waals surface area (Å²) in [7, 11) is -2.28. The van der Waals surface area contributed by atoms with Crippen LogP contribution in [-0.2, 0) is 33.1 Å². The summed E-state index contributed by atoms with van der Waals surface area (Å²) in [5.41, 5.74) is 0. The summed E-state index contributed by atoms with van der Waals surface area (Å²) in [6.45, 7) is 3.36. The van der Waals surface area contributed by atoms with Crippen LogP contribution in [0.2, 0.25) is 19.6 Å². The molecule has 0 rings (SSSR count). The smallest absolute Gasteiger partial charge is 0.355 e. The van der Waals surface area contributed by atoms with E-state index < -0.39 is 51.5 Å².